The predicted octanol–water partition coefficient (Wildman–Crippen LogP) is 6.22. The monoisotopic (exact) mass is 517 g/mol. The molecule has 0 heterocycles. The molecule has 210 valence electrons. The third-order valence-electron chi connectivity index (χ3n) is 7.70. The fraction of sp³-hybridized carbons (Fsp3) is 0.969. The van der Waals surface area contributed by atoms with Gasteiger partial charge in [0, 0.05) is 6.04 Å². The fourth-order valence-corrected chi connectivity index (χ4v) is 5.31. The van der Waals surface area contributed by atoms with Crippen LogP contribution in [0.1, 0.15) is 181 Å². The molecular formula is C32H64NNaO2. The summed E-state index contributed by atoms with van der Waals surface area (Å²) in [6.07, 6.45) is 32.9. The molecule has 3 nitrogen and oxygen atoms in total. The van der Waals surface area contributed by atoms with Gasteiger partial charge in [-0.3, -0.25) is 4.90 Å². The van der Waals surface area contributed by atoms with Crippen LogP contribution in [0.3, 0.4) is 0 Å². The van der Waals surface area contributed by atoms with Crippen LogP contribution in [0.15, 0.2) is 0 Å². The molecule has 0 aromatic heterocycles. The number of unbranched alkanes of at least 4 members (excludes halogenated alkanes) is 22. The zero-order valence-corrected chi connectivity index (χ0v) is 27.4. The van der Waals surface area contributed by atoms with Gasteiger partial charge < -0.3 is 9.90 Å². The van der Waals surface area contributed by atoms with E-state index >= 15 is 0 Å². The van der Waals surface area contributed by atoms with Crippen LogP contribution < -0.4 is 34.7 Å². The molecule has 0 amide bonds. The fourth-order valence-electron chi connectivity index (χ4n) is 5.31. The third-order valence-corrected chi connectivity index (χ3v) is 7.70. The standard InChI is InChI=1S/C32H65NO2.Na/c1-4-7-9-11-13-15-17-19-21-23-25-27-29-33(31(6-3)32(34)35)30-28-26-24-22-20-18-16-14-12-10-8-5-2;/h31H,4-30H2,1-3H3,(H,34,35);/q;+1/p-1. The SMILES string of the molecule is CCCCCCCCCCCCCCN(CCCCCCCCCCCCCC)C(CC)C(=O)[O-].[Na+]. The van der Waals surface area contributed by atoms with E-state index in [0.717, 1.165) is 25.9 Å². The van der Waals surface area contributed by atoms with E-state index < -0.39 is 12.0 Å². The van der Waals surface area contributed by atoms with E-state index in [-0.39, 0.29) is 29.6 Å². The van der Waals surface area contributed by atoms with E-state index in [1.165, 1.54) is 141 Å². The number of carboxylic acids is 1. The number of carboxylic acid groups (broad SMARTS) is 1. The Labute approximate surface area is 249 Å². The summed E-state index contributed by atoms with van der Waals surface area (Å²) in [4.78, 5) is 13.9. The van der Waals surface area contributed by atoms with Crippen LogP contribution in [0.2, 0.25) is 0 Å². The van der Waals surface area contributed by atoms with Crippen LogP contribution in [0, 0.1) is 0 Å². The number of carbonyl (C=O) groups is 1. The Hall–Kier alpha value is 0.430. The smallest absolute Gasteiger partial charge is 0.548 e. The first-order chi connectivity index (χ1) is 17.2. The Bertz CT molecular complexity index is 404. The van der Waals surface area contributed by atoms with E-state index in [9.17, 15) is 9.90 Å². The molecule has 0 radical (unpaired) electrons. The van der Waals surface area contributed by atoms with Gasteiger partial charge in [0.15, 0.2) is 0 Å². The number of aliphatic carboxylic acids is 1. The normalized spacial score (nSPS) is 12.1. The Morgan fingerprint density at radius 1 is 0.500 bits per heavy atom. The van der Waals surface area contributed by atoms with Crippen molar-refractivity contribution in [3.05, 3.63) is 0 Å². The van der Waals surface area contributed by atoms with E-state index in [1.807, 2.05) is 6.92 Å². The van der Waals surface area contributed by atoms with Gasteiger partial charge in [-0.15, -0.1) is 0 Å². The van der Waals surface area contributed by atoms with Crippen molar-refractivity contribution in [2.45, 2.75) is 187 Å². The Kier molecular flexibility index (Phi) is 33.9. The molecule has 0 N–H and O–H groups in total. The Balaban J connectivity index is 0. The average molecular weight is 518 g/mol. The van der Waals surface area contributed by atoms with Crippen LogP contribution in [0.25, 0.3) is 0 Å². The first-order valence-electron chi connectivity index (χ1n) is 16.1. The molecule has 0 aliphatic rings. The molecule has 0 aliphatic carbocycles. The van der Waals surface area contributed by atoms with E-state index in [2.05, 4.69) is 18.7 Å². The molecule has 1 unspecified atom stereocenters. The minimum absolute atomic E-state index is 0. The van der Waals surface area contributed by atoms with E-state index in [4.69, 9.17) is 0 Å². The van der Waals surface area contributed by atoms with Gasteiger partial charge >= 0.3 is 29.6 Å². The molecule has 0 saturated heterocycles. The second-order valence-corrected chi connectivity index (χ2v) is 11.1. The summed E-state index contributed by atoms with van der Waals surface area (Å²) in [5, 5.41) is 11.7. The van der Waals surface area contributed by atoms with Crippen molar-refractivity contribution >= 4 is 5.97 Å². The predicted molar refractivity (Wildman–Crippen MR) is 153 cm³/mol. The zero-order valence-electron chi connectivity index (χ0n) is 25.4. The maximum absolute atomic E-state index is 11.7. The van der Waals surface area contributed by atoms with Gasteiger partial charge in [-0.05, 0) is 32.4 Å². The molecule has 0 bridgehead atoms. The number of hydrogen-bond acceptors (Lipinski definition) is 3. The third kappa shape index (κ3) is 26.1. The number of rotatable bonds is 29. The Morgan fingerprint density at radius 3 is 0.972 bits per heavy atom. The van der Waals surface area contributed by atoms with Crippen molar-refractivity contribution in [1.29, 1.82) is 0 Å². The molecular weight excluding hydrogens is 453 g/mol. The summed E-state index contributed by atoms with van der Waals surface area (Å²) in [5.41, 5.74) is 0. The van der Waals surface area contributed by atoms with E-state index in [0.29, 0.717) is 6.42 Å². The van der Waals surface area contributed by atoms with Crippen molar-refractivity contribution in [2.75, 3.05) is 13.1 Å². The molecule has 0 saturated carbocycles. The van der Waals surface area contributed by atoms with Crippen molar-refractivity contribution < 1.29 is 39.5 Å². The molecule has 0 aromatic rings. The van der Waals surface area contributed by atoms with Crippen molar-refractivity contribution in [2.24, 2.45) is 0 Å². The van der Waals surface area contributed by atoms with Gasteiger partial charge in [-0.1, -0.05) is 162 Å². The molecule has 0 aliphatic heterocycles. The quantitative estimate of drug-likeness (QED) is 0.0873. The summed E-state index contributed by atoms with van der Waals surface area (Å²) in [6, 6.07) is -0.407. The first-order valence-corrected chi connectivity index (χ1v) is 16.1. The van der Waals surface area contributed by atoms with Crippen LogP contribution in [-0.4, -0.2) is 30.0 Å². The van der Waals surface area contributed by atoms with Crippen LogP contribution in [-0.2, 0) is 4.79 Å². The summed E-state index contributed by atoms with van der Waals surface area (Å²) in [6.45, 7) is 8.38. The average Bonchev–Trinajstić information content (AvgIpc) is 2.85. The number of nitrogens with zero attached hydrogens (tertiary/aromatic N) is 1. The van der Waals surface area contributed by atoms with E-state index in [1.54, 1.807) is 0 Å². The van der Waals surface area contributed by atoms with Gasteiger partial charge in [-0.25, -0.2) is 0 Å². The summed E-state index contributed by atoms with van der Waals surface area (Å²) in [7, 11) is 0. The molecule has 0 rings (SSSR count). The largest absolute Gasteiger partial charge is 1.00 e. The van der Waals surface area contributed by atoms with Crippen LogP contribution in [0.5, 0.6) is 0 Å². The molecule has 0 fully saturated rings. The van der Waals surface area contributed by atoms with Crippen molar-refractivity contribution in [1.82, 2.24) is 4.90 Å². The van der Waals surface area contributed by atoms with Gasteiger partial charge in [-0.2, -0.15) is 0 Å². The van der Waals surface area contributed by atoms with Gasteiger partial charge in [0.25, 0.3) is 0 Å². The van der Waals surface area contributed by atoms with Crippen LogP contribution >= 0.6 is 0 Å². The summed E-state index contributed by atoms with van der Waals surface area (Å²) >= 11 is 0. The zero-order chi connectivity index (χ0) is 25.8. The molecule has 4 heteroatoms. The molecule has 1 atom stereocenters. The number of hydrogen-bond donors (Lipinski definition) is 0. The van der Waals surface area contributed by atoms with Crippen LogP contribution in [0.4, 0.5) is 0 Å². The molecule has 0 spiro atoms. The topological polar surface area (TPSA) is 43.4 Å². The van der Waals surface area contributed by atoms with Crippen molar-refractivity contribution in [3.8, 4) is 0 Å². The molecule has 36 heavy (non-hydrogen) atoms. The summed E-state index contributed by atoms with van der Waals surface area (Å²) in [5.74, 6) is -0.884. The molecule has 0 aromatic carbocycles. The van der Waals surface area contributed by atoms with Gasteiger partial charge in [0.2, 0.25) is 0 Å². The first kappa shape index (κ1) is 38.6. The number of carbonyl (C=O) groups excluding carboxylic acids is 1. The minimum Gasteiger partial charge on any atom is -0.548 e. The van der Waals surface area contributed by atoms with Gasteiger partial charge in [0.05, 0.1) is 5.97 Å². The Morgan fingerprint density at radius 2 is 0.750 bits per heavy atom. The second-order valence-electron chi connectivity index (χ2n) is 11.1. The second kappa shape index (κ2) is 31.6. The maximum atomic E-state index is 11.7. The van der Waals surface area contributed by atoms with Crippen molar-refractivity contribution in [3.63, 3.8) is 0 Å². The summed E-state index contributed by atoms with van der Waals surface area (Å²) < 4.78 is 0. The minimum atomic E-state index is -0.884. The van der Waals surface area contributed by atoms with Gasteiger partial charge in [0.1, 0.15) is 0 Å². The maximum Gasteiger partial charge on any atom is 1.00 e.